The first kappa shape index (κ1) is 16.3. The van der Waals surface area contributed by atoms with Gasteiger partial charge in [0.2, 0.25) is 11.8 Å². The SMILES string of the molecule is O=C(Cc1ccc(Cl)cc1)NNC(=O)Cc1ccccc1Cl. The number of benzene rings is 2. The van der Waals surface area contributed by atoms with Crippen LogP contribution < -0.4 is 10.9 Å². The summed E-state index contributed by atoms with van der Waals surface area (Å²) in [5.41, 5.74) is 6.25. The Morgan fingerprint density at radius 1 is 0.818 bits per heavy atom. The molecule has 0 bridgehead atoms. The molecular weight excluding hydrogens is 323 g/mol. The molecule has 2 amide bonds. The minimum atomic E-state index is -0.336. The third-order valence-electron chi connectivity index (χ3n) is 2.93. The van der Waals surface area contributed by atoms with Crippen LogP contribution >= 0.6 is 23.2 Å². The quantitative estimate of drug-likeness (QED) is 0.843. The predicted molar refractivity (Wildman–Crippen MR) is 86.6 cm³/mol. The molecule has 0 atom stereocenters. The molecule has 4 nitrogen and oxygen atoms in total. The van der Waals surface area contributed by atoms with E-state index < -0.39 is 0 Å². The largest absolute Gasteiger partial charge is 0.273 e. The molecule has 0 fully saturated rings. The van der Waals surface area contributed by atoms with Crippen LogP contribution in [0.25, 0.3) is 0 Å². The lowest BCUT2D eigenvalue weighted by molar-refractivity contribution is -0.128. The Balaban J connectivity index is 1.79. The van der Waals surface area contributed by atoms with E-state index in [0.717, 1.165) is 5.56 Å². The van der Waals surface area contributed by atoms with Gasteiger partial charge in [-0.2, -0.15) is 0 Å². The zero-order valence-corrected chi connectivity index (χ0v) is 13.1. The fourth-order valence-corrected chi connectivity index (χ4v) is 2.16. The van der Waals surface area contributed by atoms with E-state index in [0.29, 0.717) is 15.6 Å². The third-order valence-corrected chi connectivity index (χ3v) is 3.55. The lowest BCUT2D eigenvalue weighted by Crippen LogP contribution is -2.43. The highest BCUT2D eigenvalue weighted by Crippen LogP contribution is 2.15. The monoisotopic (exact) mass is 336 g/mol. The van der Waals surface area contributed by atoms with Gasteiger partial charge in [-0.25, -0.2) is 0 Å². The van der Waals surface area contributed by atoms with Crippen LogP contribution in [-0.2, 0) is 22.4 Å². The van der Waals surface area contributed by atoms with E-state index in [1.807, 2.05) is 0 Å². The first-order valence-electron chi connectivity index (χ1n) is 6.60. The van der Waals surface area contributed by atoms with E-state index in [2.05, 4.69) is 10.9 Å². The van der Waals surface area contributed by atoms with Crippen molar-refractivity contribution in [2.24, 2.45) is 0 Å². The lowest BCUT2D eigenvalue weighted by Gasteiger charge is -2.08. The lowest BCUT2D eigenvalue weighted by atomic mass is 10.1. The van der Waals surface area contributed by atoms with Gasteiger partial charge in [0, 0.05) is 10.0 Å². The van der Waals surface area contributed by atoms with Crippen molar-refractivity contribution in [3.8, 4) is 0 Å². The van der Waals surface area contributed by atoms with Crippen molar-refractivity contribution in [2.75, 3.05) is 0 Å². The Labute approximate surface area is 138 Å². The van der Waals surface area contributed by atoms with E-state index >= 15 is 0 Å². The van der Waals surface area contributed by atoms with Crippen LogP contribution in [0.2, 0.25) is 10.0 Å². The van der Waals surface area contributed by atoms with Gasteiger partial charge < -0.3 is 0 Å². The Kier molecular flexibility index (Phi) is 5.81. The molecule has 2 aromatic rings. The van der Waals surface area contributed by atoms with Gasteiger partial charge in [-0.05, 0) is 29.3 Å². The van der Waals surface area contributed by atoms with E-state index in [9.17, 15) is 9.59 Å². The number of halogens is 2. The second-order valence-electron chi connectivity index (χ2n) is 4.67. The van der Waals surface area contributed by atoms with Gasteiger partial charge in [-0.1, -0.05) is 53.5 Å². The second kappa shape index (κ2) is 7.82. The van der Waals surface area contributed by atoms with Crippen molar-refractivity contribution < 1.29 is 9.59 Å². The second-order valence-corrected chi connectivity index (χ2v) is 5.51. The summed E-state index contributed by atoms with van der Waals surface area (Å²) < 4.78 is 0. The molecule has 0 aromatic heterocycles. The molecule has 0 spiro atoms. The number of hydrazine groups is 1. The van der Waals surface area contributed by atoms with E-state index in [1.165, 1.54) is 0 Å². The summed E-state index contributed by atoms with van der Waals surface area (Å²) >= 11 is 11.7. The first-order chi connectivity index (χ1) is 10.5. The van der Waals surface area contributed by atoms with Crippen molar-refractivity contribution in [3.63, 3.8) is 0 Å². The van der Waals surface area contributed by atoms with Gasteiger partial charge in [0.05, 0.1) is 12.8 Å². The van der Waals surface area contributed by atoms with Crippen LogP contribution in [0, 0.1) is 0 Å². The van der Waals surface area contributed by atoms with Crippen molar-refractivity contribution in [1.82, 2.24) is 10.9 Å². The molecule has 0 aliphatic rings. The summed E-state index contributed by atoms with van der Waals surface area (Å²) in [6.45, 7) is 0. The summed E-state index contributed by atoms with van der Waals surface area (Å²) in [7, 11) is 0. The van der Waals surface area contributed by atoms with Crippen LogP contribution in [0.1, 0.15) is 11.1 Å². The summed E-state index contributed by atoms with van der Waals surface area (Å²) in [4.78, 5) is 23.5. The highest BCUT2D eigenvalue weighted by molar-refractivity contribution is 6.31. The summed E-state index contributed by atoms with van der Waals surface area (Å²) in [6, 6.07) is 14.0. The molecule has 114 valence electrons. The van der Waals surface area contributed by atoms with Gasteiger partial charge in [0.1, 0.15) is 0 Å². The predicted octanol–water partition coefficient (Wildman–Crippen LogP) is 2.93. The maximum absolute atomic E-state index is 11.8. The fourth-order valence-electron chi connectivity index (χ4n) is 1.83. The van der Waals surface area contributed by atoms with Crippen molar-refractivity contribution in [1.29, 1.82) is 0 Å². The molecule has 6 heteroatoms. The third kappa shape index (κ3) is 5.06. The van der Waals surface area contributed by atoms with E-state index in [-0.39, 0.29) is 24.7 Å². The van der Waals surface area contributed by atoms with Gasteiger partial charge >= 0.3 is 0 Å². The molecule has 0 unspecified atom stereocenters. The summed E-state index contributed by atoms with van der Waals surface area (Å²) in [5.74, 6) is -0.646. The van der Waals surface area contributed by atoms with Crippen LogP contribution in [0.3, 0.4) is 0 Å². The van der Waals surface area contributed by atoms with Crippen molar-refractivity contribution in [3.05, 3.63) is 69.7 Å². The molecule has 2 N–H and O–H groups in total. The topological polar surface area (TPSA) is 58.2 Å². The van der Waals surface area contributed by atoms with Gasteiger partial charge in [0.25, 0.3) is 0 Å². The molecule has 2 rings (SSSR count). The highest BCUT2D eigenvalue weighted by atomic mass is 35.5. The first-order valence-corrected chi connectivity index (χ1v) is 7.36. The average molecular weight is 337 g/mol. The molecular formula is C16H14Cl2N2O2. The van der Waals surface area contributed by atoms with Gasteiger partial charge in [-0.15, -0.1) is 0 Å². The van der Waals surface area contributed by atoms with Gasteiger partial charge in [-0.3, -0.25) is 20.4 Å². The number of amides is 2. The zero-order valence-electron chi connectivity index (χ0n) is 11.6. The Bertz CT molecular complexity index is 672. The molecule has 0 saturated carbocycles. The summed E-state index contributed by atoms with van der Waals surface area (Å²) in [6.07, 6.45) is 0.254. The van der Waals surface area contributed by atoms with Crippen LogP contribution in [0.5, 0.6) is 0 Å². The number of carbonyl (C=O) groups excluding carboxylic acids is 2. The smallest absolute Gasteiger partial charge is 0.242 e. The van der Waals surface area contributed by atoms with E-state index in [4.69, 9.17) is 23.2 Å². The molecule has 0 saturated heterocycles. The number of hydrogen-bond donors (Lipinski definition) is 2. The Hall–Kier alpha value is -2.04. The maximum atomic E-state index is 11.8. The Morgan fingerprint density at radius 2 is 1.41 bits per heavy atom. The minimum absolute atomic E-state index is 0.0981. The fraction of sp³-hybridized carbons (Fsp3) is 0.125. The Morgan fingerprint density at radius 3 is 2.05 bits per heavy atom. The number of nitrogens with one attached hydrogen (secondary N) is 2. The molecule has 0 aliphatic heterocycles. The zero-order chi connectivity index (χ0) is 15.9. The van der Waals surface area contributed by atoms with Gasteiger partial charge in [0.15, 0.2) is 0 Å². The van der Waals surface area contributed by atoms with Crippen molar-refractivity contribution in [2.45, 2.75) is 12.8 Å². The molecule has 22 heavy (non-hydrogen) atoms. The van der Waals surface area contributed by atoms with Crippen molar-refractivity contribution >= 4 is 35.0 Å². The number of hydrogen-bond acceptors (Lipinski definition) is 2. The molecule has 0 radical (unpaired) electrons. The number of carbonyl (C=O) groups is 2. The molecule has 0 aliphatic carbocycles. The minimum Gasteiger partial charge on any atom is -0.273 e. The maximum Gasteiger partial charge on any atom is 0.242 e. The normalized spacial score (nSPS) is 10.1. The van der Waals surface area contributed by atoms with E-state index in [1.54, 1.807) is 48.5 Å². The standard InChI is InChI=1S/C16H14Cl2N2O2/c17-13-7-5-11(6-8-13)9-15(21)19-20-16(22)10-12-3-1-2-4-14(12)18/h1-8H,9-10H2,(H,19,21)(H,20,22). The molecule has 2 aromatic carbocycles. The van der Waals surface area contributed by atoms with Crippen LogP contribution in [0.4, 0.5) is 0 Å². The number of rotatable bonds is 4. The average Bonchev–Trinajstić information content (AvgIpc) is 2.50. The highest BCUT2D eigenvalue weighted by Gasteiger charge is 2.08. The van der Waals surface area contributed by atoms with Crippen LogP contribution in [0.15, 0.2) is 48.5 Å². The summed E-state index contributed by atoms with van der Waals surface area (Å²) in [5, 5.41) is 1.13. The van der Waals surface area contributed by atoms with Crippen LogP contribution in [-0.4, -0.2) is 11.8 Å². The molecule has 0 heterocycles.